The molecule has 1 aromatic carbocycles. The Morgan fingerprint density at radius 3 is 2.95 bits per heavy atom. The van der Waals surface area contributed by atoms with Gasteiger partial charge in [0.2, 0.25) is 0 Å². The molecule has 0 bridgehead atoms. The zero-order valence-electron chi connectivity index (χ0n) is 13.0. The highest BCUT2D eigenvalue weighted by molar-refractivity contribution is 5.59. The summed E-state index contributed by atoms with van der Waals surface area (Å²) in [6, 6.07) is 4.89. The van der Waals surface area contributed by atoms with Gasteiger partial charge in [-0.25, -0.2) is 4.39 Å². The molecule has 1 fully saturated rings. The van der Waals surface area contributed by atoms with Gasteiger partial charge in [-0.15, -0.1) is 0 Å². The summed E-state index contributed by atoms with van der Waals surface area (Å²) in [7, 11) is 4.08. The molecule has 1 aromatic rings. The summed E-state index contributed by atoms with van der Waals surface area (Å²) in [5.41, 5.74) is 6.85. The van der Waals surface area contributed by atoms with Crippen molar-refractivity contribution in [2.75, 3.05) is 45.2 Å². The Morgan fingerprint density at radius 2 is 2.24 bits per heavy atom. The molecule has 1 aliphatic rings. The largest absolute Gasteiger partial charge is 0.491 e. The third-order valence-electron chi connectivity index (χ3n) is 3.73. The monoisotopic (exact) mass is 295 g/mol. The van der Waals surface area contributed by atoms with Crippen LogP contribution in [0.25, 0.3) is 0 Å². The van der Waals surface area contributed by atoms with Crippen LogP contribution in [0.15, 0.2) is 18.2 Å². The van der Waals surface area contributed by atoms with E-state index in [1.54, 1.807) is 12.1 Å². The topological polar surface area (TPSA) is 41.7 Å². The standard InChI is InChI=1S/C16H26FN3O/c1-19(2)8-4-10-21-16-7-6-13(17)11-15(16)20-9-3-5-14(18)12-20/h6-7,11,14H,3-5,8-10,12,18H2,1-2H3. The Hall–Kier alpha value is -1.33. The second-order valence-corrected chi connectivity index (χ2v) is 5.97. The lowest BCUT2D eigenvalue weighted by Crippen LogP contribution is -2.43. The normalized spacial score (nSPS) is 19.1. The van der Waals surface area contributed by atoms with Crippen LogP contribution in [0.3, 0.4) is 0 Å². The number of hydrogen-bond acceptors (Lipinski definition) is 4. The molecule has 5 heteroatoms. The van der Waals surface area contributed by atoms with Crippen LogP contribution in [0.5, 0.6) is 5.75 Å². The SMILES string of the molecule is CN(C)CCCOc1ccc(F)cc1N1CCCC(N)C1. The summed E-state index contributed by atoms with van der Waals surface area (Å²) < 4.78 is 19.4. The average molecular weight is 295 g/mol. The van der Waals surface area contributed by atoms with Crippen LogP contribution < -0.4 is 15.4 Å². The fourth-order valence-electron chi connectivity index (χ4n) is 2.65. The van der Waals surface area contributed by atoms with Crippen molar-refractivity contribution in [3.8, 4) is 5.75 Å². The fourth-order valence-corrected chi connectivity index (χ4v) is 2.65. The minimum absolute atomic E-state index is 0.156. The molecular weight excluding hydrogens is 269 g/mol. The predicted molar refractivity (Wildman–Crippen MR) is 84.5 cm³/mol. The van der Waals surface area contributed by atoms with Gasteiger partial charge in [0.05, 0.1) is 12.3 Å². The van der Waals surface area contributed by atoms with Gasteiger partial charge in [0.1, 0.15) is 11.6 Å². The summed E-state index contributed by atoms with van der Waals surface area (Å²) in [6.07, 6.45) is 3.02. The van der Waals surface area contributed by atoms with Gasteiger partial charge >= 0.3 is 0 Å². The molecule has 4 nitrogen and oxygen atoms in total. The first-order valence-electron chi connectivity index (χ1n) is 7.64. The van der Waals surface area contributed by atoms with E-state index in [0.717, 1.165) is 50.3 Å². The molecule has 0 aromatic heterocycles. The van der Waals surface area contributed by atoms with Crippen LogP contribution in [0.2, 0.25) is 0 Å². The number of benzene rings is 1. The summed E-state index contributed by atoms with van der Waals surface area (Å²) in [5.74, 6) is 0.522. The molecular formula is C16H26FN3O. The number of nitrogens with zero attached hydrogens (tertiary/aromatic N) is 2. The first kappa shape index (κ1) is 16.0. The fraction of sp³-hybridized carbons (Fsp3) is 0.625. The maximum Gasteiger partial charge on any atom is 0.142 e. The Kier molecular flexibility index (Phi) is 5.82. The minimum Gasteiger partial charge on any atom is -0.491 e. The van der Waals surface area contributed by atoms with Gasteiger partial charge in [-0.1, -0.05) is 0 Å². The van der Waals surface area contributed by atoms with E-state index in [1.807, 2.05) is 14.1 Å². The highest BCUT2D eigenvalue weighted by Gasteiger charge is 2.20. The smallest absolute Gasteiger partial charge is 0.142 e. The van der Waals surface area contributed by atoms with Gasteiger partial charge in [-0.2, -0.15) is 0 Å². The van der Waals surface area contributed by atoms with Crippen molar-refractivity contribution in [3.63, 3.8) is 0 Å². The molecule has 21 heavy (non-hydrogen) atoms. The number of anilines is 1. The molecule has 118 valence electrons. The highest BCUT2D eigenvalue weighted by Crippen LogP contribution is 2.31. The maximum absolute atomic E-state index is 13.6. The average Bonchev–Trinajstić information content (AvgIpc) is 2.44. The van der Waals surface area contributed by atoms with E-state index in [0.29, 0.717) is 6.61 Å². The zero-order valence-corrected chi connectivity index (χ0v) is 13.0. The van der Waals surface area contributed by atoms with Crippen molar-refractivity contribution in [1.29, 1.82) is 0 Å². The molecule has 2 N–H and O–H groups in total. The van der Waals surface area contributed by atoms with Crippen molar-refractivity contribution < 1.29 is 9.13 Å². The first-order valence-corrected chi connectivity index (χ1v) is 7.64. The number of ether oxygens (including phenoxy) is 1. The summed E-state index contributed by atoms with van der Waals surface area (Å²) in [5, 5.41) is 0. The van der Waals surface area contributed by atoms with Crippen molar-refractivity contribution in [2.45, 2.75) is 25.3 Å². The van der Waals surface area contributed by atoms with Crippen LogP contribution in [-0.4, -0.2) is 51.3 Å². The number of nitrogens with two attached hydrogens (primary N) is 1. The molecule has 2 rings (SSSR count). The van der Waals surface area contributed by atoms with Crippen molar-refractivity contribution in [2.24, 2.45) is 5.73 Å². The van der Waals surface area contributed by atoms with Crippen molar-refractivity contribution >= 4 is 5.69 Å². The molecule has 0 amide bonds. The van der Waals surface area contributed by atoms with Crippen molar-refractivity contribution in [3.05, 3.63) is 24.0 Å². The molecule has 0 aliphatic carbocycles. The molecule has 1 aliphatic heterocycles. The third kappa shape index (κ3) is 4.86. The molecule has 0 spiro atoms. The lowest BCUT2D eigenvalue weighted by molar-refractivity contribution is 0.281. The second-order valence-electron chi connectivity index (χ2n) is 5.97. The Labute approximate surface area is 126 Å². The van der Waals surface area contributed by atoms with E-state index in [9.17, 15) is 4.39 Å². The van der Waals surface area contributed by atoms with Crippen LogP contribution in [0, 0.1) is 5.82 Å². The van der Waals surface area contributed by atoms with Gasteiger partial charge in [-0.05, 0) is 45.5 Å². The lowest BCUT2D eigenvalue weighted by atomic mass is 10.1. The molecule has 0 radical (unpaired) electrons. The summed E-state index contributed by atoms with van der Waals surface area (Å²) in [4.78, 5) is 4.26. The van der Waals surface area contributed by atoms with Gasteiger partial charge < -0.3 is 20.3 Å². The van der Waals surface area contributed by atoms with Gasteiger partial charge in [0.25, 0.3) is 0 Å². The quantitative estimate of drug-likeness (QED) is 0.816. The maximum atomic E-state index is 13.6. The zero-order chi connectivity index (χ0) is 15.2. The molecule has 1 atom stereocenters. The van der Waals surface area contributed by atoms with Gasteiger partial charge in [0, 0.05) is 31.7 Å². The van der Waals surface area contributed by atoms with Crippen LogP contribution in [0.1, 0.15) is 19.3 Å². The second kappa shape index (κ2) is 7.61. The molecule has 1 unspecified atom stereocenters. The van der Waals surface area contributed by atoms with Crippen LogP contribution in [-0.2, 0) is 0 Å². The number of halogens is 1. The Bertz CT molecular complexity index is 453. The third-order valence-corrected chi connectivity index (χ3v) is 3.73. The van der Waals surface area contributed by atoms with Crippen molar-refractivity contribution in [1.82, 2.24) is 4.90 Å². The number of hydrogen-bond donors (Lipinski definition) is 1. The molecule has 1 heterocycles. The number of piperidine rings is 1. The van der Waals surface area contributed by atoms with E-state index in [4.69, 9.17) is 10.5 Å². The van der Waals surface area contributed by atoms with E-state index < -0.39 is 0 Å². The lowest BCUT2D eigenvalue weighted by Gasteiger charge is -2.33. The summed E-state index contributed by atoms with van der Waals surface area (Å²) >= 11 is 0. The van der Waals surface area contributed by atoms with Gasteiger partial charge in [0.15, 0.2) is 0 Å². The van der Waals surface area contributed by atoms with Crippen LogP contribution in [0.4, 0.5) is 10.1 Å². The van der Waals surface area contributed by atoms with E-state index in [-0.39, 0.29) is 11.9 Å². The predicted octanol–water partition coefficient (Wildman–Crippen LogP) is 2.08. The first-order chi connectivity index (χ1) is 10.1. The van der Waals surface area contributed by atoms with E-state index in [2.05, 4.69) is 9.80 Å². The Morgan fingerprint density at radius 1 is 1.43 bits per heavy atom. The Balaban J connectivity index is 2.02. The molecule has 0 saturated carbocycles. The highest BCUT2D eigenvalue weighted by atomic mass is 19.1. The molecule has 1 saturated heterocycles. The summed E-state index contributed by atoms with van der Waals surface area (Å²) in [6.45, 7) is 3.28. The van der Waals surface area contributed by atoms with E-state index >= 15 is 0 Å². The minimum atomic E-state index is -0.232. The van der Waals surface area contributed by atoms with Gasteiger partial charge in [-0.3, -0.25) is 0 Å². The van der Waals surface area contributed by atoms with E-state index in [1.165, 1.54) is 6.07 Å². The van der Waals surface area contributed by atoms with Crippen LogP contribution >= 0.6 is 0 Å². The number of rotatable bonds is 6.